The summed E-state index contributed by atoms with van der Waals surface area (Å²) in [5.74, 6) is -0.341. The zero-order valence-corrected chi connectivity index (χ0v) is 8.50. The van der Waals surface area contributed by atoms with Crippen LogP contribution < -0.4 is 0 Å². The summed E-state index contributed by atoms with van der Waals surface area (Å²) in [7, 11) is 1.37. The number of esters is 1. The van der Waals surface area contributed by atoms with Crippen LogP contribution in [0.1, 0.15) is 5.56 Å². The van der Waals surface area contributed by atoms with Crippen molar-refractivity contribution in [1.82, 2.24) is 0 Å². The molecule has 1 aromatic carbocycles. The molecular formula is C10H10KNO2S. The van der Waals surface area contributed by atoms with Crippen molar-refractivity contribution < 1.29 is 9.53 Å². The number of methoxy groups -OCH3 is 1. The van der Waals surface area contributed by atoms with Crippen LogP contribution in [0.4, 0.5) is 0 Å². The van der Waals surface area contributed by atoms with E-state index in [-0.39, 0.29) is 57.4 Å². The Morgan fingerprint density at radius 3 is 2.93 bits per heavy atom. The molecule has 0 amide bonds. The molecule has 1 heterocycles. The van der Waals surface area contributed by atoms with Crippen LogP contribution in [0.3, 0.4) is 0 Å². The maximum atomic E-state index is 11.2. The van der Waals surface area contributed by atoms with Crippen LogP contribution in [0.5, 0.6) is 0 Å². The molecule has 15 heavy (non-hydrogen) atoms. The number of nitrogens with zero attached hydrogens (tertiary/aromatic N) is 1. The molecule has 0 bridgehead atoms. The van der Waals surface area contributed by atoms with Gasteiger partial charge in [-0.2, -0.15) is 0 Å². The van der Waals surface area contributed by atoms with Gasteiger partial charge in [-0.1, -0.05) is 18.2 Å². The molecule has 0 aromatic heterocycles. The van der Waals surface area contributed by atoms with Crippen molar-refractivity contribution in [2.75, 3.05) is 7.11 Å². The molecule has 1 aromatic rings. The third-order valence-corrected chi connectivity index (χ3v) is 2.91. The predicted octanol–water partition coefficient (Wildman–Crippen LogP) is 1.22. The standard InChI is InChI=1S/C10H9NO2S.K.H/c1-13-10(12)8-6-7-4-2-3-5-9(7)14-11-8;;/h2-5H,6H2,1H3;;. The number of hydrogen-bond donors (Lipinski definition) is 0. The molecule has 0 spiro atoms. The summed E-state index contributed by atoms with van der Waals surface area (Å²) < 4.78 is 8.72. The Morgan fingerprint density at radius 2 is 2.20 bits per heavy atom. The normalized spacial score (nSPS) is 13.3. The Kier molecular flexibility index (Phi) is 5.52. The fourth-order valence-electron chi connectivity index (χ4n) is 1.28. The van der Waals surface area contributed by atoms with Crippen molar-refractivity contribution in [2.45, 2.75) is 11.3 Å². The Morgan fingerprint density at radius 1 is 1.47 bits per heavy atom. The summed E-state index contributed by atoms with van der Waals surface area (Å²) in [6, 6.07) is 7.92. The molecule has 0 radical (unpaired) electrons. The third kappa shape index (κ3) is 3.15. The van der Waals surface area contributed by atoms with Crippen molar-refractivity contribution in [3.63, 3.8) is 0 Å². The van der Waals surface area contributed by atoms with Crippen molar-refractivity contribution in [3.8, 4) is 0 Å². The molecule has 0 fully saturated rings. The number of hydrogen-bond acceptors (Lipinski definition) is 4. The SMILES string of the molecule is COC(=O)C1=NSc2ccccc2C1.[KH]. The second-order valence-corrected chi connectivity index (χ2v) is 3.71. The van der Waals surface area contributed by atoms with Gasteiger partial charge in [-0.05, 0) is 11.6 Å². The summed E-state index contributed by atoms with van der Waals surface area (Å²) in [6.45, 7) is 0. The van der Waals surface area contributed by atoms with E-state index in [1.165, 1.54) is 19.1 Å². The molecule has 0 saturated carbocycles. The number of rotatable bonds is 1. The molecule has 1 aliphatic rings. The molecule has 0 atom stereocenters. The van der Waals surface area contributed by atoms with Gasteiger partial charge in [0.1, 0.15) is 5.71 Å². The molecule has 2 rings (SSSR count). The first-order chi connectivity index (χ1) is 6.81. The molecule has 3 nitrogen and oxygen atoms in total. The zero-order valence-electron chi connectivity index (χ0n) is 7.69. The van der Waals surface area contributed by atoms with E-state index in [4.69, 9.17) is 0 Å². The zero-order chi connectivity index (χ0) is 9.97. The van der Waals surface area contributed by atoms with Gasteiger partial charge < -0.3 is 4.74 Å². The van der Waals surface area contributed by atoms with Crippen molar-refractivity contribution in [1.29, 1.82) is 0 Å². The summed E-state index contributed by atoms with van der Waals surface area (Å²) in [4.78, 5) is 12.3. The van der Waals surface area contributed by atoms with Crippen LogP contribution in [0.2, 0.25) is 0 Å². The Labute approximate surface area is 135 Å². The molecule has 0 aliphatic carbocycles. The van der Waals surface area contributed by atoms with E-state index in [9.17, 15) is 4.79 Å². The first kappa shape index (κ1) is 13.4. The van der Waals surface area contributed by atoms with Crippen LogP contribution >= 0.6 is 11.9 Å². The van der Waals surface area contributed by atoms with Crippen LogP contribution in [0, 0.1) is 0 Å². The molecule has 0 unspecified atom stereocenters. The van der Waals surface area contributed by atoms with Gasteiger partial charge in [-0.25, -0.2) is 9.19 Å². The van der Waals surface area contributed by atoms with E-state index >= 15 is 0 Å². The molecule has 0 saturated heterocycles. The van der Waals surface area contributed by atoms with Crippen LogP contribution in [-0.4, -0.2) is 70.2 Å². The number of carbonyl (C=O) groups is 1. The quantitative estimate of drug-likeness (QED) is 0.425. The van der Waals surface area contributed by atoms with Gasteiger partial charge in [-0.3, -0.25) is 0 Å². The van der Waals surface area contributed by atoms with Crippen molar-refractivity contribution >= 4 is 75.0 Å². The minimum atomic E-state index is -0.341. The molecule has 5 heteroatoms. The second kappa shape index (κ2) is 6.17. The van der Waals surface area contributed by atoms with E-state index in [0.717, 1.165) is 10.5 Å². The average molecular weight is 247 g/mol. The van der Waals surface area contributed by atoms with E-state index in [1.807, 2.05) is 24.3 Å². The second-order valence-electron chi connectivity index (χ2n) is 2.91. The van der Waals surface area contributed by atoms with Gasteiger partial charge >= 0.3 is 57.4 Å². The fourth-order valence-corrected chi connectivity index (χ4v) is 2.03. The van der Waals surface area contributed by atoms with Gasteiger partial charge in [0, 0.05) is 23.3 Å². The summed E-state index contributed by atoms with van der Waals surface area (Å²) >= 11 is 1.33. The maximum absolute atomic E-state index is 11.2. The van der Waals surface area contributed by atoms with Crippen LogP contribution in [-0.2, 0) is 16.0 Å². The Hall–Kier alpha value is 0.346. The Balaban J connectivity index is 0.00000112. The van der Waals surface area contributed by atoms with Crippen molar-refractivity contribution in [2.24, 2.45) is 4.40 Å². The minimum absolute atomic E-state index is 0. The van der Waals surface area contributed by atoms with Gasteiger partial charge in [-0.15, -0.1) is 0 Å². The number of fused-ring (bicyclic) bond motifs is 1. The monoisotopic (exact) mass is 247 g/mol. The van der Waals surface area contributed by atoms with E-state index in [1.54, 1.807) is 0 Å². The molecular weight excluding hydrogens is 237 g/mol. The summed E-state index contributed by atoms with van der Waals surface area (Å²) in [5.41, 5.74) is 1.61. The average Bonchev–Trinajstić information content (AvgIpc) is 2.27. The summed E-state index contributed by atoms with van der Waals surface area (Å²) in [6.07, 6.45) is 0.565. The molecule has 0 N–H and O–H groups in total. The van der Waals surface area contributed by atoms with E-state index in [2.05, 4.69) is 9.13 Å². The van der Waals surface area contributed by atoms with Gasteiger partial charge in [0.15, 0.2) is 0 Å². The molecule has 74 valence electrons. The predicted molar refractivity (Wildman–Crippen MR) is 62.6 cm³/mol. The third-order valence-electron chi connectivity index (χ3n) is 2.01. The van der Waals surface area contributed by atoms with E-state index in [0.29, 0.717) is 12.1 Å². The van der Waals surface area contributed by atoms with Crippen LogP contribution in [0.15, 0.2) is 33.6 Å². The van der Waals surface area contributed by atoms with Crippen molar-refractivity contribution in [3.05, 3.63) is 29.8 Å². The van der Waals surface area contributed by atoms with Gasteiger partial charge in [0.2, 0.25) is 0 Å². The molecule has 1 aliphatic heterocycles. The fraction of sp³-hybridized carbons (Fsp3) is 0.200. The topological polar surface area (TPSA) is 38.7 Å². The first-order valence-corrected chi connectivity index (χ1v) is 4.98. The summed E-state index contributed by atoms with van der Waals surface area (Å²) in [5, 5.41) is 0. The van der Waals surface area contributed by atoms with Crippen LogP contribution in [0.25, 0.3) is 0 Å². The van der Waals surface area contributed by atoms with E-state index < -0.39 is 0 Å². The number of benzene rings is 1. The number of carbonyl (C=O) groups excluding carboxylic acids is 1. The first-order valence-electron chi connectivity index (χ1n) is 4.21. The number of ether oxygens (including phenoxy) is 1. The Bertz CT molecular complexity index is 406. The van der Waals surface area contributed by atoms with Gasteiger partial charge in [0.05, 0.1) is 7.11 Å². The van der Waals surface area contributed by atoms with Gasteiger partial charge in [0.25, 0.3) is 0 Å².